The Morgan fingerprint density at radius 3 is 2.30 bits per heavy atom. The van der Waals surface area contributed by atoms with Crippen LogP contribution in [0, 0.1) is 27.7 Å². The third kappa shape index (κ3) is 7.17. The van der Waals surface area contributed by atoms with Gasteiger partial charge < -0.3 is 15.5 Å². The lowest BCUT2D eigenvalue weighted by Crippen LogP contribution is -2.43. The van der Waals surface area contributed by atoms with Gasteiger partial charge in [-0.15, -0.1) is 0 Å². The number of hydrogen-bond donors (Lipinski definition) is 2. The van der Waals surface area contributed by atoms with E-state index in [9.17, 15) is 4.79 Å². The predicted octanol–water partition coefficient (Wildman–Crippen LogP) is 4.71. The summed E-state index contributed by atoms with van der Waals surface area (Å²) in [7, 11) is 0. The molecule has 0 unspecified atom stereocenters. The van der Waals surface area contributed by atoms with Crippen LogP contribution < -0.4 is 15.5 Å². The molecule has 2 aliphatic rings. The maximum absolute atomic E-state index is 12.5. The smallest absolute Gasteiger partial charge is 0.224 e. The maximum Gasteiger partial charge on any atom is 0.224 e. The number of rotatable bonds is 4. The molecule has 0 atom stereocenters. The molecular weight excluding hydrogens is 334 g/mol. The van der Waals surface area contributed by atoms with Crippen molar-refractivity contribution in [1.82, 2.24) is 5.32 Å². The number of carbonyl (C=O) groups excluding carboxylic acids is 1. The van der Waals surface area contributed by atoms with Crippen molar-refractivity contribution in [2.24, 2.45) is 0 Å². The molecule has 1 saturated carbocycles. The van der Waals surface area contributed by atoms with Crippen molar-refractivity contribution in [2.45, 2.75) is 58.3 Å². The summed E-state index contributed by atoms with van der Waals surface area (Å²) in [6, 6.07) is 6.40. The van der Waals surface area contributed by atoms with E-state index in [0.717, 1.165) is 50.3 Å². The maximum atomic E-state index is 12.5. The SMILES string of the molecule is Cc1cc(N2CCNCC2)ccc1NC(=O)C[C]1CCCCCCC1.[CH2].[CH2]. The van der Waals surface area contributed by atoms with E-state index in [1.54, 1.807) is 0 Å². The molecule has 27 heavy (non-hydrogen) atoms. The zero-order chi connectivity index (χ0) is 17.5. The number of benzene rings is 1. The molecule has 0 bridgehead atoms. The van der Waals surface area contributed by atoms with Gasteiger partial charge in [-0.1, -0.05) is 47.0 Å². The molecule has 1 aliphatic heterocycles. The molecule has 1 amide bonds. The molecule has 2 N–H and O–H groups in total. The van der Waals surface area contributed by atoms with Crippen LogP contribution in [0.1, 0.15) is 56.9 Å². The summed E-state index contributed by atoms with van der Waals surface area (Å²) < 4.78 is 0. The van der Waals surface area contributed by atoms with E-state index in [4.69, 9.17) is 0 Å². The topological polar surface area (TPSA) is 44.4 Å². The van der Waals surface area contributed by atoms with Gasteiger partial charge in [0.05, 0.1) is 0 Å². The van der Waals surface area contributed by atoms with Crippen LogP contribution in [-0.4, -0.2) is 32.1 Å². The van der Waals surface area contributed by atoms with Crippen molar-refractivity contribution >= 4 is 17.3 Å². The Morgan fingerprint density at radius 1 is 1.04 bits per heavy atom. The van der Waals surface area contributed by atoms with Crippen molar-refractivity contribution < 1.29 is 4.79 Å². The van der Waals surface area contributed by atoms with Crippen LogP contribution in [-0.2, 0) is 4.79 Å². The number of amides is 1. The highest BCUT2D eigenvalue weighted by molar-refractivity contribution is 5.92. The highest BCUT2D eigenvalue weighted by atomic mass is 16.1. The minimum atomic E-state index is 0. The lowest BCUT2D eigenvalue weighted by Gasteiger charge is -2.30. The fourth-order valence-electron chi connectivity index (χ4n) is 3.91. The third-order valence-corrected chi connectivity index (χ3v) is 5.44. The van der Waals surface area contributed by atoms with E-state index < -0.39 is 0 Å². The molecule has 4 heteroatoms. The van der Waals surface area contributed by atoms with Gasteiger partial charge in [-0.2, -0.15) is 0 Å². The molecule has 0 aromatic heterocycles. The first kappa shape index (κ1) is 23.5. The van der Waals surface area contributed by atoms with Crippen molar-refractivity contribution in [1.29, 1.82) is 0 Å². The Labute approximate surface area is 167 Å². The molecule has 1 aromatic rings. The normalized spacial score (nSPS) is 18.5. The third-order valence-electron chi connectivity index (χ3n) is 5.44. The van der Waals surface area contributed by atoms with Crippen molar-refractivity contribution in [2.75, 3.05) is 36.4 Å². The lowest BCUT2D eigenvalue weighted by molar-refractivity contribution is -0.116. The van der Waals surface area contributed by atoms with Gasteiger partial charge in [-0.3, -0.25) is 4.79 Å². The summed E-state index contributed by atoms with van der Waals surface area (Å²) in [5, 5.41) is 6.52. The number of anilines is 2. The van der Waals surface area contributed by atoms with Crippen LogP contribution in [0.2, 0.25) is 0 Å². The first-order chi connectivity index (χ1) is 12.2. The van der Waals surface area contributed by atoms with Crippen molar-refractivity contribution in [3.8, 4) is 0 Å². The average Bonchev–Trinajstić information content (AvgIpc) is 2.60. The molecule has 0 spiro atoms. The fourth-order valence-corrected chi connectivity index (χ4v) is 3.91. The minimum Gasteiger partial charge on any atom is -0.369 e. The summed E-state index contributed by atoms with van der Waals surface area (Å²) in [5.74, 6) is 1.58. The highest BCUT2D eigenvalue weighted by Gasteiger charge is 2.17. The molecule has 2 fully saturated rings. The minimum absolute atomic E-state index is 0. The van der Waals surface area contributed by atoms with Crippen molar-refractivity contribution in [3.63, 3.8) is 0 Å². The second-order valence-corrected chi connectivity index (χ2v) is 7.48. The van der Waals surface area contributed by atoms with Crippen LogP contribution in [0.4, 0.5) is 11.4 Å². The quantitative estimate of drug-likeness (QED) is 0.807. The van der Waals surface area contributed by atoms with E-state index in [-0.39, 0.29) is 20.8 Å². The summed E-state index contributed by atoms with van der Waals surface area (Å²) in [6.07, 6.45) is 9.36. The monoisotopic (exact) mass is 370 g/mol. The Balaban J connectivity index is 0.00000182. The summed E-state index contributed by atoms with van der Waals surface area (Å²) in [5.41, 5.74) is 3.36. The molecule has 3 rings (SSSR count). The molecule has 5 radical (unpaired) electrons. The van der Waals surface area contributed by atoms with E-state index >= 15 is 0 Å². The number of nitrogens with one attached hydrogen (secondary N) is 2. The van der Waals surface area contributed by atoms with Gasteiger partial charge in [0.1, 0.15) is 0 Å². The average molecular weight is 371 g/mol. The van der Waals surface area contributed by atoms with Gasteiger partial charge in [-0.05, 0) is 49.4 Å². The van der Waals surface area contributed by atoms with E-state index in [0.29, 0.717) is 6.42 Å². The van der Waals surface area contributed by atoms with Crippen LogP contribution in [0.3, 0.4) is 0 Å². The summed E-state index contributed by atoms with van der Waals surface area (Å²) in [4.78, 5) is 14.9. The summed E-state index contributed by atoms with van der Waals surface area (Å²) in [6.45, 7) is 6.25. The largest absolute Gasteiger partial charge is 0.369 e. The standard InChI is InChI=1S/C21H32N3O.2CH2/c1-17-15-19(24-13-11-22-12-14-24)9-10-20(17)23-21(25)16-18-7-5-3-2-4-6-8-18;;/h9-10,15,22H,2-8,11-14,16H2,1H3,(H,23,25);2*1H2. The van der Waals surface area contributed by atoms with Crippen LogP contribution in [0.25, 0.3) is 0 Å². The predicted molar refractivity (Wildman–Crippen MR) is 116 cm³/mol. The number of aryl methyl sites for hydroxylation is 1. The number of piperazine rings is 1. The van der Waals surface area contributed by atoms with Crippen LogP contribution in [0.15, 0.2) is 18.2 Å². The number of carbonyl (C=O) groups is 1. The molecule has 149 valence electrons. The first-order valence-corrected chi connectivity index (χ1v) is 9.92. The fraction of sp³-hybridized carbons (Fsp3) is 0.565. The van der Waals surface area contributed by atoms with Gasteiger partial charge in [0, 0.05) is 44.0 Å². The summed E-state index contributed by atoms with van der Waals surface area (Å²) >= 11 is 0. The number of hydrogen-bond acceptors (Lipinski definition) is 3. The van der Waals surface area contributed by atoms with Crippen LogP contribution in [0.5, 0.6) is 0 Å². The number of nitrogens with zero attached hydrogens (tertiary/aromatic N) is 1. The van der Waals surface area contributed by atoms with E-state index in [2.05, 4.69) is 40.7 Å². The van der Waals surface area contributed by atoms with Gasteiger partial charge in [0.2, 0.25) is 5.91 Å². The van der Waals surface area contributed by atoms with Gasteiger partial charge in [0.15, 0.2) is 0 Å². The molecule has 1 heterocycles. The van der Waals surface area contributed by atoms with E-state index in [1.807, 2.05) is 0 Å². The second kappa shape index (κ2) is 12.0. The van der Waals surface area contributed by atoms with Gasteiger partial charge in [-0.25, -0.2) is 0 Å². The Hall–Kier alpha value is -1.55. The Bertz CT molecular complexity index is 559. The zero-order valence-corrected chi connectivity index (χ0v) is 17.0. The van der Waals surface area contributed by atoms with Crippen LogP contribution >= 0.6 is 0 Å². The molecule has 1 aromatic carbocycles. The highest BCUT2D eigenvalue weighted by Crippen LogP contribution is 2.28. The first-order valence-electron chi connectivity index (χ1n) is 9.92. The Kier molecular flexibility index (Phi) is 10.5. The zero-order valence-electron chi connectivity index (χ0n) is 17.0. The van der Waals surface area contributed by atoms with Gasteiger partial charge in [0.25, 0.3) is 0 Å². The van der Waals surface area contributed by atoms with Crippen molar-refractivity contribution in [3.05, 3.63) is 44.5 Å². The Morgan fingerprint density at radius 2 is 1.67 bits per heavy atom. The van der Waals surface area contributed by atoms with E-state index in [1.165, 1.54) is 43.7 Å². The molecule has 1 aliphatic carbocycles. The lowest BCUT2D eigenvalue weighted by atomic mass is 9.88. The second-order valence-electron chi connectivity index (χ2n) is 7.48. The molecule has 1 saturated heterocycles. The molecular formula is C23H36N3O. The van der Waals surface area contributed by atoms with Gasteiger partial charge >= 0.3 is 0 Å². The molecule has 4 nitrogen and oxygen atoms in total.